The van der Waals surface area contributed by atoms with Gasteiger partial charge in [-0.15, -0.1) is 0 Å². The number of anilines is 1. The summed E-state index contributed by atoms with van der Waals surface area (Å²) >= 11 is 6.63. The number of rotatable bonds is 10. The molecular weight excluding hydrogens is 730 g/mol. The number of nitrogens with zero attached hydrogens (tertiary/aromatic N) is 7. The van der Waals surface area contributed by atoms with E-state index in [1.807, 2.05) is 11.0 Å². The maximum absolute atomic E-state index is 16.9. The Morgan fingerprint density at radius 1 is 1.20 bits per heavy atom. The lowest BCUT2D eigenvalue weighted by Crippen LogP contribution is -2.55. The largest absolute Gasteiger partial charge is 0.461 e. The van der Waals surface area contributed by atoms with Gasteiger partial charge in [0.05, 0.1) is 29.5 Å². The zero-order valence-electron chi connectivity index (χ0n) is 31.7. The molecule has 5 heterocycles. The monoisotopic (exact) mass is 776 g/mol. The molecule has 1 N–H and O–H groups in total. The molecule has 2 amide bonds. The summed E-state index contributed by atoms with van der Waals surface area (Å²) in [4.78, 5) is 45.4. The maximum Gasteiger partial charge on any atom is 0.408 e. The number of ether oxygens (including phenoxy) is 2. The number of fused-ring (bicyclic) bond motifs is 2. The number of hydrogen-bond donors (Lipinski definition) is 1. The molecule has 0 unspecified atom stereocenters. The average Bonchev–Trinajstić information content (AvgIpc) is 3.82. The Hall–Kier alpha value is -4.61. The number of carbonyl (C=O) groups is 2. The van der Waals surface area contributed by atoms with E-state index in [1.54, 1.807) is 57.0 Å². The Balaban J connectivity index is 1.19. The molecule has 0 spiro atoms. The Morgan fingerprint density at radius 3 is 2.75 bits per heavy atom. The molecule has 1 aliphatic carbocycles. The number of carbonyl (C=O) groups excluding carboxylic acids is 2. The Morgan fingerprint density at radius 2 is 2.00 bits per heavy atom. The molecule has 4 fully saturated rings. The van der Waals surface area contributed by atoms with Gasteiger partial charge in [-0.1, -0.05) is 29.8 Å². The van der Waals surface area contributed by atoms with Gasteiger partial charge in [-0.2, -0.15) is 15.2 Å². The number of amides is 2. The zero-order valence-corrected chi connectivity index (χ0v) is 32.4. The van der Waals surface area contributed by atoms with Gasteiger partial charge in [0.1, 0.15) is 35.4 Å². The van der Waals surface area contributed by atoms with Crippen molar-refractivity contribution in [3.8, 4) is 23.3 Å². The summed E-state index contributed by atoms with van der Waals surface area (Å²) in [6.07, 6.45) is 7.00. The molecule has 3 saturated heterocycles. The predicted octanol–water partition coefficient (Wildman–Crippen LogP) is 6.72. The number of aromatic nitrogens is 3. The van der Waals surface area contributed by atoms with E-state index in [-0.39, 0.29) is 55.2 Å². The highest BCUT2D eigenvalue weighted by Gasteiger charge is 2.49. The minimum absolute atomic E-state index is 0.0204. The number of pyridine rings is 1. The maximum atomic E-state index is 16.9. The van der Waals surface area contributed by atoms with E-state index < -0.39 is 41.3 Å². The van der Waals surface area contributed by atoms with Crippen LogP contribution in [0.2, 0.25) is 5.02 Å². The van der Waals surface area contributed by atoms with Gasteiger partial charge in [0.15, 0.2) is 5.82 Å². The normalized spacial score (nSPS) is 23.5. The summed E-state index contributed by atoms with van der Waals surface area (Å²) < 4.78 is 43.1. The third-order valence-electron chi connectivity index (χ3n) is 10.8. The minimum atomic E-state index is -0.947. The van der Waals surface area contributed by atoms with Gasteiger partial charge < -0.3 is 24.6 Å². The van der Waals surface area contributed by atoms with Crippen molar-refractivity contribution in [1.29, 1.82) is 5.26 Å². The molecule has 0 bridgehead atoms. The van der Waals surface area contributed by atoms with Crippen LogP contribution in [0.5, 0.6) is 6.01 Å². The minimum Gasteiger partial charge on any atom is -0.461 e. The van der Waals surface area contributed by atoms with Crippen LogP contribution in [-0.2, 0) is 9.53 Å². The molecule has 4 atom stereocenters. The van der Waals surface area contributed by atoms with Crippen molar-refractivity contribution in [3.05, 3.63) is 53.0 Å². The standard InChI is InChI=1S/C40H47ClF2N8O4/c1-24(46-38(53)55-39(2,3)4)9-12-31(52)51-18-17-49(22-27(51)13-15-44)36-29-20-45-34(28-7-5-8-30(41)32(28)25-10-11-25)33(43)35(29)47-37(48-36)54-23-40-14-6-16-50(40)21-26(42)19-40/h5,7-9,12,20,24-27H,6,10-11,13-14,16-19,21-23H2,1-4H3,(H,46,53)/b12-9+/t24-,26+,27-,40-/m0/s1. The second-order valence-electron chi connectivity index (χ2n) is 16.1. The lowest BCUT2D eigenvalue weighted by atomic mass is 9.95. The van der Waals surface area contributed by atoms with Gasteiger partial charge in [0, 0.05) is 61.5 Å². The fraction of sp³-hybridized carbons (Fsp3) is 0.550. The van der Waals surface area contributed by atoms with Gasteiger partial charge in [0.2, 0.25) is 5.91 Å². The van der Waals surface area contributed by atoms with Crippen LogP contribution in [0.3, 0.4) is 0 Å². The first-order valence-corrected chi connectivity index (χ1v) is 19.4. The highest BCUT2D eigenvalue weighted by molar-refractivity contribution is 6.32. The molecule has 7 rings (SSSR count). The second kappa shape index (κ2) is 15.5. The van der Waals surface area contributed by atoms with E-state index in [0.29, 0.717) is 41.3 Å². The summed E-state index contributed by atoms with van der Waals surface area (Å²) in [5, 5.41) is 13.4. The van der Waals surface area contributed by atoms with Crippen molar-refractivity contribution in [2.75, 3.05) is 44.2 Å². The number of alkyl carbamates (subject to hydrolysis) is 1. The quantitative estimate of drug-likeness (QED) is 0.221. The molecule has 3 aromatic rings. The van der Waals surface area contributed by atoms with Gasteiger partial charge >= 0.3 is 12.1 Å². The molecule has 0 radical (unpaired) electrons. The Labute approximate surface area is 324 Å². The van der Waals surface area contributed by atoms with Gasteiger partial charge in [-0.05, 0) is 77.5 Å². The summed E-state index contributed by atoms with van der Waals surface area (Å²) in [5.74, 6) is -0.358. The first-order chi connectivity index (χ1) is 26.2. The molecule has 292 valence electrons. The second-order valence-corrected chi connectivity index (χ2v) is 16.5. The van der Waals surface area contributed by atoms with Crippen LogP contribution in [0.25, 0.3) is 22.2 Å². The fourth-order valence-electron chi connectivity index (χ4n) is 8.17. The smallest absolute Gasteiger partial charge is 0.408 e. The molecule has 4 aliphatic rings. The topological polar surface area (TPSA) is 137 Å². The van der Waals surface area contributed by atoms with Crippen molar-refractivity contribution in [2.45, 2.75) is 102 Å². The van der Waals surface area contributed by atoms with E-state index in [1.165, 1.54) is 6.08 Å². The predicted molar refractivity (Wildman–Crippen MR) is 204 cm³/mol. The van der Waals surface area contributed by atoms with E-state index in [9.17, 15) is 19.2 Å². The summed E-state index contributed by atoms with van der Waals surface area (Å²) in [6, 6.07) is 6.54. The molecule has 1 aromatic carbocycles. The Bertz CT molecular complexity index is 2030. The Kier molecular flexibility index (Phi) is 10.9. The van der Waals surface area contributed by atoms with Crippen LogP contribution in [0.4, 0.5) is 19.4 Å². The summed E-state index contributed by atoms with van der Waals surface area (Å²) in [7, 11) is 0. The van der Waals surface area contributed by atoms with Crippen molar-refractivity contribution in [1.82, 2.24) is 30.1 Å². The third kappa shape index (κ3) is 8.33. The van der Waals surface area contributed by atoms with Crippen molar-refractivity contribution < 1.29 is 27.8 Å². The average molecular weight is 777 g/mol. The van der Waals surface area contributed by atoms with Crippen LogP contribution >= 0.6 is 11.6 Å². The molecule has 12 nitrogen and oxygen atoms in total. The SMILES string of the molecule is C[C@@H](/C=C/C(=O)N1CCN(c2nc(OC[C@@]34CCCN3C[C@H](F)C4)nc3c(F)c(-c4cccc(Cl)c4C4CC4)ncc23)C[C@@H]1CC#N)NC(=O)OC(C)(C)C. The lowest BCUT2D eigenvalue weighted by Gasteiger charge is -2.41. The summed E-state index contributed by atoms with van der Waals surface area (Å²) in [6.45, 7) is 9.09. The number of halogens is 3. The van der Waals surface area contributed by atoms with E-state index >= 15 is 4.39 Å². The highest BCUT2D eigenvalue weighted by atomic mass is 35.5. The molecule has 15 heteroatoms. The highest BCUT2D eigenvalue weighted by Crippen LogP contribution is 2.48. The van der Waals surface area contributed by atoms with E-state index in [2.05, 4.69) is 26.3 Å². The molecular formula is C40H47ClF2N8O4. The van der Waals surface area contributed by atoms with E-state index in [0.717, 1.165) is 37.8 Å². The van der Waals surface area contributed by atoms with Crippen molar-refractivity contribution >= 4 is 40.3 Å². The third-order valence-corrected chi connectivity index (χ3v) is 11.2. The van der Waals surface area contributed by atoms with Crippen LogP contribution < -0.4 is 15.0 Å². The number of alkyl halides is 1. The summed E-state index contributed by atoms with van der Waals surface area (Å²) in [5.41, 5.74) is 0.490. The van der Waals surface area contributed by atoms with Crippen LogP contribution in [0, 0.1) is 17.1 Å². The van der Waals surface area contributed by atoms with Crippen LogP contribution in [-0.4, -0.2) is 105 Å². The number of piperazine rings is 1. The molecule has 3 aliphatic heterocycles. The van der Waals surface area contributed by atoms with Crippen molar-refractivity contribution in [2.24, 2.45) is 0 Å². The lowest BCUT2D eigenvalue weighted by molar-refractivity contribution is -0.128. The first kappa shape index (κ1) is 38.7. The molecule has 2 aromatic heterocycles. The molecule has 1 saturated carbocycles. The fourth-order valence-corrected chi connectivity index (χ4v) is 8.50. The van der Waals surface area contributed by atoms with Crippen LogP contribution in [0.1, 0.15) is 77.7 Å². The van der Waals surface area contributed by atoms with Crippen molar-refractivity contribution in [3.63, 3.8) is 0 Å². The van der Waals surface area contributed by atoms with Gasteiger partial charge in [-0.3, -0.25) is 14.7 Å². The molecule has 55 heavy (non-hydrogen) atoms. The van der Waals surface area contributed by atoms with Gasteiger partial charge in [-0.25, -0.2) is 13.6 Å². The number of benzene rings is 1. The zero-order chi connectivity index (χ0) is 39.1. The van der Waals surface area contributed by atoms with Gasteiger partial charge in [0.25, 0.3) is 0 Å². The number of nitriles is 1. The van der Waals surface area contributed by atoms with E-state index in [4.69, 9.17) is 26.1 Å². The number of hydrogen-bond acceptors (Lipinski definition) is 10. The first-order valence-electron chi connectivity index (χ1n) is 19.0. The number of nitrogens with one attached hydrogen (secondary N) is 1. The van der Waals surface area contributed by atoms with Crippen LogP contribution in [0.15, 0.2) is 36.5 Å².